The Morgan fingerprint density at radius 3 is 2.70 bits per heavy atom. The van der Waals surface area contributed by atoms with Crippen molar-refractivity contribution in [2.75, 3.05) is 18.0 Å². The van der Waals surface area contributed by atoms with Crippen molar-refractivity contribution in [2.45, 2.75) is 65.0 Å². The molecule has 1 heterocycles. The number of anilines is 1. The molecule has 0 amide bonds. The fourth-order valence-electron chi connectivity index (χ4n) is 3.12. The predicted molar refractivity (Wildman–Crippen MR) is 86.1 cm³/mol. The van der Waals surface area contributed by atoms with Crippen molar-refractivity contribution >= 4 is 5.82 Å². The van der Waals surface area contributed by atoms with Crippen LogP contribution in [0.5, 0.6) is 0 Å². The molecule has 1 aliphatic carbocycles. The summed E-state index contributed by atoms with van der Waals surface area (Å²) in [6, 6.07) is 7.14. The van der Waals surface area contributed by atoms with E-state index in [4.69, 9.17) is 4.98 Å². The van der Waals surface area contributed by atoms with Gasteiger partial charge in [-0.1, -0.05) is 32.3 Å². The number of rotatable bonds is 7. The van der Waals surface area contributed by atoms with E-state index in [1.54, 1.807) is 0 Å². The molecule has 0 radical (unpaired) electrons. The molecule has 0 bridgehead atoms. The summed E-state index contributed by atoms with van der Waals surface area (Å²) >= 11 is 0. The van der Waals surface area contributed by atoms with E-state index in [0.29, 0.717) is 6.04 Å². The second-order valence-corrected chi connectivity index (χ2v) is 5.74. The van der Waals surface area contributed by atoms with Crippen molar-refractivity contribution in [3.05, 3.63) is 23.9 Å². The standard InChI is InChI=1S/C17H29N3/c1-3-13-18-14-15-9-8-12-17(19-15)20(4-2)16-10-6-5-7-11-16/h8-9,12,16,18H,3-7,10-11,13-14H2,1-2H3. The Bertz CT molecular complexity index is 386. The fourth-order valence-corrected chi connectivity index (χ4v) is 3.12. The molecule has 0 aromatic carbocycles. The third-order valence-electron chi connectivity index (χ3n) is 4.18. The Labute approximate surface area is 123 Å². The van der Waals surface area contributed by atoms with Crippen molar-refractivity contribution in [3.8, 4) is 0 Å². The van der Waals surface area contributed by atoms with E-state index in [2.05, 4.69) is 42.3 Å². The topological polar surface area (TPSA) is 28.2 Å². The Kier molecular flexibility index (Phi) is 6.31. The first-order valence-corrected chi connectivity index (χ1v) is 8.28. The predicted octanol–water partition coefficient (Wildman–Crippen LogP) is 3.74. The Morgan fingerprint density at radius 2 is 2.00 bits per heavy atom. The van der Waals surface area contributed by atoms with Crippen LogP contribution in [0, 0.1) is 0 Å². The molecular weight excluding hydrogens is 246 g/mol. The Balaban J connectivity index is 2.02. The second kappa shape index (κ2) is 8.25. The van der Waals surface area contributed by atoms with E-state index < -0.39 is 0 Å². The number of hydrogen-bond donors (Lipinski definition) is 1. The van der Waals surface area contributed by atoms with E-state index in [9.17, 15) is 0 Å². The summed E-state index contributed by atoms with van der Waals surface area (Å²) in [5.74, 6) is 1.16. The van der Waals surface area contributed by atoms with Gasteiger partial charge < -0.3 is 10.2 Å². The number of nitrogens with zero attached hydrogens (tertiary/aromatic N) is 2. The lowest BCUT2D eigenvalue weighted by atomic mass is 9.94. The molecule has 0 aliphatic heterocycles. The molecule has 1 aromatic heterocycles. The van der Waals surface area contributed by atoms with Crippen LogP contribution in [-0.2, 0) is 6.54 Å². The minimum Gasteiger partial charge on any atom is -0.354 e. The van der Waals surface area contributed by atoms with Crippen LogP contribution in [-0.4, -0.2) is 24.1 Å². The van der Waals surface area contributed by atoms with E-state index in [1.807, 2.05) is 0 Å². The summed E-state index contributed by atoms with van der Waals surface area (Å²) in [7, 11) is 0. The van der Waals surface area contributed by atoms with E-state index >= 15 is 0 Å². The molecular formula is C17H29N3. The minimum absolute atomic E-state index is 0.695. The van der Waals surface area contributed by atoms with Gasteiger partial charge in [0.1, 0.15) is 5.82 Å². The van der Waals surface area contributed by atoms with Gasteiger partial charge >= 0.3 is 0 Å². The first-order valence-electron chi connectivity index (χ1n) is 8.28. The monoisotopic (exact) mass is 275 g/mol. The maximum Gasteiger partial charge on any atom is 0.129 e. The van der Waals surface area contributed by atoms with E-state index in [0.717, 1.165) is 31.1 Å². The number of hydrogen-bond acceptors (Lipinski definition) is 3. The van der Waals surface area contributed by atoms with Gasteiger partial charge in [0.25, 0.3) is 0 Å². The zero-order valence-electron chi connectivity index (χ0n) is 13.1. The number of aromatic nitrogens is 1. The van der Waals surface area contributed by atoms with Crippen LogP contribution in [0.15, 0.2) is 18.2 Å². The Morgan fingerprint density at radius 1 is 1.20 bits per heavy atom. The third kappa shape index (κ3) is 4.20. The molecule has 1 N–H and O–H groups in total. The fraction of sp³-hybridized carbons (Fsp3) is 0.706. The summed E-state index contributed by atoms with van der Waals surface area (Å²) in [4.78, 5) is 7.36. The molecule has 112 valence electrons. The molecule has 1 fully saturated rings. The average molecular weight is 275 g/mol. The highest BCUT2D eigenvalue weighted by molar-refractivity contribution is 5.40. The van der Waals surface area contributed by atoms with Gasteiger partial charge in [-0.05, 0) is 44.9 Å². The lowest BCUT2D eigenvalue weighted by molar-refractivity contribution is 0.416. The summed E-state index contributed by atoms with van der Waals surface area (Å²) < 4.78 is 0. The number of pyridine rings is 1. The van der Waals surface area contributed by atoms with Crippen molar-refractivity contribution < 1.29 is 0 Å². The Hall–Kier alpha value is -1.09. The van der Waals surface area contributed by atoms with Gasteiger partial charge in [0.15, 0.2) is 0 Å². The van der Waals surface area contributed by atoms with Crippen LogP contribution in [0.3, 0.4) is 0 Å². The third-order valence-corrected chi connectivity index (χ3v) is 4.18. The zero-order chi connectivity index (χ0) is 14.2. The van der Waals surface area contributed by atoms with Crippen LogP contribution in [0.4, 0.5) is 5.82 Å². The largest absolute Gasteiger partial charge is 0.354 e. The van der Waals surface area contributed by atoms with Gasteiger partial charge in [0.2, 0.25) is 0 Å². The van der Waals surface area contributed by atoms with Crippen molar-refractivity contribution in [3.63, 3.8) is 0 Å². The first-order chi connectivity index (χ1) is 9.85. The molecule has 1 aromatic rings. The molecule has 3 heteroatoms. The van der Waals surface area contributed by atoms with E-state index in [-0.39, 0.29) is 0 Å². The summed E-state index contributed by atoms with van der Waals surface area (Å²) in [6.45, 7) is 7.44. The van der Waals surface area contributed by atoms with Crippen molar-refractivity contribution in [2.24, 2.45) is 0 Å². The van der Waals surface area contributed by atoms with E-state index in [1.165, 1.54) is 38.5 Å². The maximum atomic E-state index is 4.85. The summed E-state index contributed by atoms with van der Waals surface area (Å²) in [5, 5.41) is 3.43. The quantitative estimate of drug-likeness (QED) is 0.768. The van der Waals surface area contributed by atoms with Gasteiger partial charge in [-0.15, -0.1) is 0 Å². The lowest BCUT2D eigenvalue weighted by Gasteiger charge is -2.34. The zero-order valence-corrected chi connectivity index (χ0v) is 13.1. The first kappa shape index (κ1) is 15.3. The summed E-state index contributed by atoms with van der Waals surface area (Å²) in [6.07, 6.45) is 7.98. The number of nitrogens with one attached hydrogen (secondary N) is 1. The minimum atomic E-state index is 0.695. The van der Waals surface area contributed by atoms with Gasteiger partial charge in [-0.25, -0.2) is 4.98 Å². The molecule has 20 heavy (non-hydrogen) atoms. The van der Waals surface area contributed by atoms with Gasteiger partial charge in [0.05, 0.1) is 5.69 Å². The molecule has 2 rings (SSSR count). The van der Waals surface area contributed by atoms with Crippen LogP contribution >= 0.6 is 0 Å². The smallest absolute Gasteiger partial charge is 0.129 e. The average Bonchev–Trinajstić information content (AvgIpc) is 2.50. The summed E-state index contributed by atoms with van der Waals surface area (Å²) in [5.41, 5.74) is 1.16. The molecule has 0 unspecified atom stereocenters. The molecule has 0 atom stereocenters. The van der Waals surface area contributed by atoms with Crippen LogP contribution in [0.25, 0.3) is 0 Å². The van der Waals surface area contributed by atoms with Gasteiger partial charge in [0, 0.05) is 19.1 Å². The lowest BCUT2D eigenvalue weighted by Crippen LogP contribution is -2.37. The van der Waals surface area contributed by atoms with Gasteiger partial charge in [-0.3, -0.25) is 0 Å². The van der Waals surface area contributed by atoms with Crippen LogP contribution < -0.4 is 10.2 Å². The highest BCUT2D eigenvalue weighted by Gasteiger charge is 2.21. The van der Waals surface area contributed by atoms with Crippen LogP contribution in [0.2, 0.25) is 0 Å². The molecule has 1 saturated carbocycles. The molecule has 1 aliphatic rings. The highest BCUT2D eigenvalue weighted by atomic mass is 15.2. The SMILES string of the molecule is CCCNCc1cccc(N(CC)C2CCCCC2)n1. The molecule has 3 nitrogen and oxygen atoms in total. The molecule has 0 spiro atoms. The molecule has 0 saturated heterocycles. The maximum absolute atomic E-state index is 4.85. The highest BCUT2D eigenvalue weighted by Crippen LogP contribution is 2.26. The normalized spacial score (nSPS) is 16.3. The van der Waals surface area contributed by atoms with Crippen molar-refractivity contribution in [1.82, 2.24) is 10.3 Å². The van der Waals surface area contributed by atoms with Crippen LogP contribution in [0.1, 0.15) is 58.1 Å². The second-order valence-electron chi connectivity index (χ2n) is 5.74. The van der Waals surface area contributed by atoms with Gasteiger partial charge in [-0.2, -0.15) is 0 Å². The van der Waals surface area contributed by atoms with Crippen molar-refractivity contribution in [1.29, 1.82) is 0 Å².